The number of aliphatic hydroxyl groups is 1. The highest BCUT2D eigenvalue weighted by Gasteiger charge is 2.19. The molecule has 0 aromatic carbocycles. The van der Waals surface area contributed by atoms with Gasteiger partial charge >= 0.3 is 0 Å². The number of fused-ring (bicyclic) bond motifs is 1. The Hall–Kier alpha value is -1.75. The molecule has 1 aliphatic carbocycles. The Morgan fingerprint density at radius 3 is 3.00 bits per heavy atom. The van der Waals surface area contributed by atoms with Crippen LogP contribution in [-0.4, -0.2) is 25.7 Å². The third kappa shape index (κ3) is 2.72. The van der Waals surface area contributed by atoms with Gasteiger partial charge in [0.05, 0.1) is 36.1 Å². The zero-order valence-corrected chi connectivity index (χ0v) is 11.4. The highest BCUT2D eigenvalue weighted by molar-refractivity contribution is 5.75. The van der Waals surface area contributed by atoms with Crippen LogP contribution in [-0.2, 0) is 6.54 Å². The minimum absolute atomic E-state index is 0.108. The van der Waals surface area contributed by atoms with Gasteiger partial charge in [0.2, 0.25) is 0 Å². The van der Waals surface area contributed by atoms with Gasteiger partial charge in [0.15, 0.2) is 0 Å². The molecule has 5 heteroatoms. The zero-order valence-electron chi connectivity index (χ0n) is 11.4. The van der Waals surface area contributed by atoms with Gasteiger partial charge in [-0.05, 0) is 18.4 Å². The van der Waals surface area contributed by atoms with Crippen molar-refractivity contribution in [2.45, 2.75) is 44.8 Å². The predicted molar refractivity (Wildman–Crippen MR) is 76.4 cm³/mol. The standard InChI is InChI=1S/C15H19N3O2/c19-12(7-11-3-1-2-4-11)9-18-10-17-14-8-16-6-5-13(14)15(18)20/h5-6,8,10-12,19H,1-4,7,9H2/t12-/m1/s1. The normalized spacial score (nSPS) is 17.6. The van der Waals surface area contributed by atoms with Crippen molar-refractivity contribution in [1.82, 2.24) is 14.5 Å². The van der Waals surface area contributed by atoms with Crippen LogP contribution in [0.25, 0.3) is 10.9 Å². The average Bonchev–Trinajstić information content (AvgIpc) is 2.95. The number of hydrogen-bond donors (Lipinski definition) is 1. The van der Waals surface area contributed by atoms with Crippen LogP contribution < -0.4 is 5.56 Å². The van der Waals surface area contributed by atoms with Gasteiger partial charge in [-0.15, -0.1) is 0 Å². The Balaban J connectivity index is 1.76. The first-order chi connectivity index (χ1) is 9.74. The number of rotatable bonds is 4. The molecule has 5 nitrogen and oxygen atoms in total. The lowest BCUT2D eigenvalue weighted by molar-refractivity contribution is 0.123. The van der Waals surface area contributed by atoms with E-state index in [0.29, 0.717) is 23.4 Å². The second kappa shape index (κ2) is 5.71. The summed E-state index contributed by atoms with van der Waals surface area (Å²) in [4.78, 5) is 20.5. The SMILES string of the molecule is O=c1c2ccncc2ncn1C[C@H](O)CC1CCCC1. The molecule has 0 unspecified atom stereocenters. The third-order valence-corrected chi connectivity index (χ3v) is 4.12. The number of aromatic nitrogens is 3. The molecule has 0 amide bonds. The molecule has 0 aliphatic heterocycles. The summed E-state index contributed by atoms with van der Waals surface area (Å²) in [5.74, 6) is 0.610. The Bertz CT molecular complexity index is 647. The lowest BCUT2D eigenvalue weighted by atomic mass is 10.00. The molecule has 2 aromatic rings. The van der Waals surface area contributed by atoms with Gasteiger partial charge in [0.1, 0.15) is 0 Å². The molecule has 1 saturated carbocycles. The zero-order chi connectivity index (χ0) is 13.9. The quantitative estimate of drug-likeness (QED) is 0.921. The fourth-order valence-corrected chi connectivity index (χ4v) is 3.07. The minimum atomic E-state index is -0.475. The van der Waals surface area contributed by atoms with Crippen molar-refractivity contribution in [3.8, 4) is 0 Å². The first-order valence-corrected chi connectivity index (χ1v) is 7.21. The van der Waals surface area contributed by atoms with Gasteiger partial charge in [-0.1, -0.05) is 25.7 Å². The predicted octanol–water partition coefficient (Wildman–Crippen LogP) is 1.73. The maximum Gasteiger partial charge on any atom is 0.261 e. The van der Waals surface area contributed by atoms with Crippen LogP contribution in [0, 0.1) is 5.92 Å². The van der Waals surface area contributed by atoms with Crippen molar-refractivity contribution in [3.63, 3.8) is 0 Å². The van der Waals surface area contributed by atoms with Crippen LogP contribution in [0.3, 0.4) is 0 Å². The lowest BCUT2D eigenvalue weighted by Crippen LogP contribution is -2.28. The van der Waals surface area contributed by atoms with Gasteiger partial charge in [-0.25, -0.2) is 4.98 Å². The highest BCUT2D eigenvalue weighted by atomic mass is 16.3. The minimum Gasteiger partial charge on any atom is -0.391 e. The average molecular weight is 273 g/mol. The van der Waals surface area contributed by atoms with E-state index in [9.17, 15) is 9.90 Å². The summed E-state index contributed by atoms with van der Waals surface area (Å²) in [5.41, 5.74) is 0.488. The van der Waals surface area contributed by atoms with E-state index in [4.69, 9.17) is 0 Å². The second-order valence-corrected chi connectivity index (χ2v) is 5.63. The Labute approximate surface area is 117 Å². The van der Waals surface area contributed by atoms with Crippen LogP contribution in [0.4, 0.5) is 0 Å². The molecule has 1 N–H and O–H groups in total. The van der Waals surface area contributed by atoms with E-state index in [0.717, 1.165) is 6.42 Å². The highest BCUT2D eigenvalue weighted by Crippen LogP contribution is 2.28. The number of pyridine rings is 1. The molecule has 1 fully saturated rings. The molecule has 1 aliphatic rings. The largest absolute Gasteiger partial charge is 0.391 e. The molecule has 0 bridgehead atoms. The van der Waals surface area contributed by atoms with E-state index in [1.54, 1.807) is 18.5 Å². The molecule has 2 heterocycles. The summed E-state index contributed by atoms with van der Waals surface area (Å²) >= 11 is 0. The maximum absolute atomic E-state index is 12.3. The van der Waals surface area contributed by atoms with E-state index in [-0.39, 0.29) is 5.56 Å². The first kappa shape index (κ1) is 13.2. The maximum atomic E-state index is 12.3. The summed E-state index contributed by atoms with van der Waals surface area (Å²) < 4.78 is 1.50. The molecule has 0 spiro atoms. The van der Waals surface area contributed by atoms with Crippen LogP contribution in [0.1, 0.15) is 32.1 Å². The Morgan fingerprint density at radius 1 is 1.40 bits per heavy atom. The van der Waals surface area contributed by atoms with Crippen molar-refractivity contribution in [2.24, 2.45) is 5.92 Å². The van der Waals surface area contributed by atoms with E-state index in [1.165, 1.54) is 36.6 Å². The number of aliphatic hydroxyl groups excluding tert-OH is 1. The fourth-order valence-electron chi connectivity index (χ4n) is 3.07. The van der Waals surface area contributed by atoms with E-state index < -0.39 is 6.10 Å². The Kier molecular flexibility index (Phi) is 3.78. The molecule has 3 rings (SSSR count). The van der Waals surface area contributed by atoms with Gasteiger partial charge < -0.3 is 5.11 Å². The van der Waals surface area contributed by atoms with Crippen molar-refractivity contribution < 1.29 is 5.11 Å². The Morgan fingerprint density at radius 2 is 2.20 bits per heavy atom. The molecule has 20 heavy (non-hydrogen) atoms. The molecule has 2 aromatic heterocycles. The van der Waals surface area contributed by atoms with E-state index in [2.05, 4.69) is 9.97 Å². The molecular weight excluding hydrogens is 254 g/mol. The van der Waals surface area contributed by atoms with Crippen LogP contribution in [0.5, 0.6) is 0 Å². The molecule has 0 saturated heterocycles. The first-order valence-electron chi connectivity index (χ1n) is 7.21. The fraction of sp³-hybridized carbons (Fsp3) is 0.533. The number of nitrogens with zero attached hydrogens (tertiary/aromatic N) is 3. The van der Waals surface area contributed by atoms with Crippen molar-refractivity contribution in [3.05, 3.63) is 35.1 Å². The van der Waals surface area contributed by atoms with Crippen LogP contribution >= 0.6 is 0 Å². The molecule has 106 valence electrons. The van der Waals surface area contributed by atoms with E-state index >= 15 is 0 Å². The summed E-state index contributed by atoms with van der Waals surface area (Å²) in [7, 11) is 0. The third-order valence-electron chi connectivity index (χ3n) is 4.12. The topological polar surface area (TPSA) is 68.0 Å². The van der Waals surface area contributed by atoms with Crippen molar-refractivity contribution >= 4 is 10.9 Å². The molecular formula is C15H19N3O2. The lowest BCUT2D eigenvalue weighted by Gasteiger charge is -2.16. The molecule has 0 radical (unpaired) electrons. The summed E-state index contributed by atoms with van der Waals surface area (Å²) in [6.45, 7) is 0.320. The van der Waals surface area contributed by atoms with Gasteiger partial charge in [0.25, 0.3) is 5.56 Å². The van der Waals surface area contributed by atoms with Crippen molar-refractivity contribution in [2.75, 3.05) is 0 Å². The molecule has 1 atom stereocenters. The number of hydrogen-bond acceptors (Lipinski definition) is 4. The van der Waals surface area contributed by atoms with Crippen LogP contribution in [0.15, 0.2) is 29.6 Å². The smallest absolute Gasteiger partial charge is 0.261 e. The monoisotopic (exact) mass is 273 g/mol. The van der Waals surface area contributed by atoms with Gasteiger partial charge in [0, 0.05) is 6.20 Å². The summed E-state index contributed by atoms with van der Waals surface area (Å²) in [6.07, 6.45) is 9.91. The van der Waals surface area contributed by atoms with Gasteiger partial charge in [-0.2, -0.15) is 0 Å². The summed E-state index contributed by atoms with van der Waals surface area (Å²) in [6, 6.07) is 1.67. The van der Waals surface area contributed by atoms with Crippen LogP contribution in [0.2, 0.25) is 0 Å². The van der Waals surface area contributed by atoms with Gasteiger partial charge in [-0.3, -0.25) is 14.3 Å². The summed E-state index contributed by atoms with van der Waals surface area (Å²) in [5, 5.41) is 10.7. The second-order valence-electron chi connectivity index (χ2n) is 5.63. The van der Waals surface area contributed by atoms with E-state index in [1.807, 2.05) is 0 Å². The van der Waals surface area contributed by atoms with Crippen molar-refractivity contribution in [1.29, 1.82) is 0 Å².